The summed E-state index contributed by atoms with van der Waals surface area (Å²) in [5.41, 5.74) is 2.62. The number of methoxy groups -OCH3 is 1. The lowest BCUT2D eigenvalue weighted by molar-refractivity contribution is -0.129. The molecule has 0 radical (unpaired) electrons. The van der Waals surface area contributed by atoms with Gasteiger partial charge < -0.3 is 14.2 Å². The molecule has 0 atom stereocenters. The van der Waals surface area contributed by atoms with Gasteiger partial charge in [-0.3, -0.25) is 0 Å². The van der Waals surface area contributed by atoms with Crippen molar-refractivity contribution in [2.24, 2.45) is 4.99 Å². The molecule has 0 aromatic heterocycles. The zero-order valence-electron chi connectivity index (χ0n) is 15.0. The molecule has 0 amide bonds. The quantitative estimate of drug-likeness (QED) is 0.378. The molecule has 0 fully saturated rings. The van der Waals surface area contributed by atoms with E-state index >= 15 is 0 Å². The predicted octanol–water partition coefficient (Wildman–Crippen LogP) is 4.76. The highest BCUT2D eigenvalue weighted by Gasteiger charge is 2.24. The minimum atomic E-state index is -0.491. The third-order valence-electron chi connectivity index (χ3n) is 3.68. The van der Waals surface area contributed by atoms with Crippen LogP contribution in [0.4, 0.5) is 0 Å². The van der Waals surface area contributed by atoms with E-state index in [1.807, 2.05) is 37.3 Å². The van der Waals surface area contributed by atoms with Gasteiger partial charge in [0, 0.05) is 10.0 Å². The number of hydrogen-bond acceptors (Lipinski definition) is 5. The van der Waals surface area contributed by atoms with Gasteiger partial charge in [-0.2, -0.15) is 0 Å². The van der Waals surface area contributed by atoms with Crippen LogP contribution in [0.2, 0.25) is 0 Å². The summed E-state index contributed by atoms with van der Waals surface area (Å²) in [7, 11) is 1.56. The molecule has 5 nitrogen and oxygen atoms in total. The van der Waals surface area contributed by atoms with E-state index < -0.39 is 5.97 Å². The summed E-state index contributed by atoms with van der Waals surface area (Å²) in [4.78, 5) is 16.5. The first-order valence-electron chi connectivity index (χ1n) is 8.20. The number of carbonyl (C=O) groups is 1. The lowest BCUT2D eigenvalue weighted by Gasteiger charge is -2.11. The molecule has 1 heterocycles. The van der Waals surface area contributed by atoms with Crippen molar-refractivity contribution in [1.82, 2.24) is 0 Å². The predicted molar refractivity (Wildman–Crippen MR) is 108 cm³/mol. The number of ether oxygens (including phenoxy) is 3. The number of benzene rings is 2. The number of hydrogen-bond donors (Lipinski definition) is 0. The first-order valence-corrected chi connectivity index (χ1v) is 8.99. The second kappa shape index (κ2) is 8.22. The van der Waals surface area contributed by atoms with Gasteiger partial charge in [-0.15, -0.1) is 0 Å². The van der Waals surface area contributed by atoms with Crippen molar-refractivity contribution in [2.45, 2.75) is 6.92 Å². The van der Waals surface area contributed by atoms with Crippen LogP contribution in [-0.4, -0.2) is 25.6 Å². The number of carbonyl (C=O) groups excluding carboxylic acids is 1. The molecule has 2 aromatic rings. The molecule has 1 aliphatic rings. The van der Waals surface area contributed by atoms with Crippen molar-refractivity contribution >= 4 is 33.9 Å². The van der Waals surface area contributed by atoms with E-state index in [9.17, 15) is 4.79 Å². The average Bonchev–Trinajstić information content (AvgIpc) is 3.01. The van der Waals surface area contributed by atoms with Crippen molar-refractivity contribution in [3.63, 3.8) is 0 Å². The third-order valence-corrected chi connectivity index (χ3v) is 4.21. The van der Waals surface area contributed by atoms with E-state index in [0.717, 1.165) is 21.2 Å². The van der Waals surface area contributed by atoms with Crippen LogP contribution in [0.5, 0.6) is 11.5 Å². The zero-order chi connectivity index (χ0) is 19.4. The van der Waals surface area contributed by atoms with Crippen LogP contribution in [0, 0.1) is 0 Å². The Morgan fingerprint density at radius 2 is 1.96 bits per heavy atom. The number of halogens is 1. The van der Waals surface area contributed by atoms with E-state index in [1.54, 1.807) is 25.3 Å². The molecule has 2 aromatic carbocycles. The molecule has 138 valence electrons. The Morgan fingerprint density at radius 3 is 2.63 bits per heavy atom. The molecule has 0 saturated heterocycles. The highest BCUT2D eigenvalue weighted by Crippen LogP contribution is 2.30. The fraction of sp³-hybridized carbons (Fsp3) is 0.143. The Morgan fingerprint density at radius 1 is 1.22 bits per heavy atom. The maximum absolute atomic E-state index is 12.1. The SMILES string of the molecule is C=C(C)COc1ccc(/C=C2\N=C(c3ccc(Br)cc3)OC2=O)cc1OC. The number of esters is 1. The fourth-order valence-corrected chi connectivity index (χ4v) is 2.64. The second-order valence-corrected chi connectivity index (χ2v) is 6.91. The van der Waals surface area contributed by atoms with Crippen molar-refractivity contribution in [2.75, 3.05) is 13.7 Å². The summed E-state index contributed by atoms with van der Waals surface area (Å²) < 4.78 is 17.2. The van der Waals surface area contributed by atoms with Crippen LogP contribution < -0.4 is 9.47 Å². The Balaban J connectivity index is 1.85. The highest BCUT2D eigenvalue weighted by atomic mass is 79.9. The maximum Gasteiger partial charge on any atom is 0.363 e. The molecule has 0 unspecified atom stereocenters. The molecule has 6 heteroatoms. The van der Waals surface area contributed by atoms with E-state index in [4.69, 9.17) is 14.2 Å². The first kappa shape index (κ1) is 18.9. The third kappa shape index (κ3) is 4.65. The summed E-state index contributed by atoms with van der Waals surface area (Å²) in [6.07, 6.45) is 1.65. The van der Waals surface area contributed by atoms with Crippen LogP contribution in [0.25, 0.3) is 6.08 Å². The molecule has 0 aliphatic carbocycles. The maximum atomic E-state index is 12.1. The minimum Gasteiger partial charge on any atom is -0.493 e. The van der Waals surface area contributed by atoms with Gasteiger partial charge in [-0.05, 0) is 60.5 Å². The van der Waals surface area contributed by atoms with Gasteiger partial charge in [0.2, 0.25) is 5.90 Å². The van der Waals surface area contributed by atoms with Gasteiger partial charge in [0.05, 0.1) is 7.11 Å². The summed E-state index contributed by atoms with van der Waals surface area (Å²) >= 11 is 3.37. The molecule has 1 aliphatic heterocycles. The topological polar surface area (TPSA) is 57.1 Å². The van der Waals surface area contributed by atoms with Gasteiger partial charge in [-0.1, -0.05) is 28.6 Å². The average molecular weight is 428 g/mol. The molecule has 0 N–H and O–H groups in total. The van der Waals surface area contributed by atoms with Crippen molar-refractivity contribution in [3.8, 4) is 11.5 Å². The number of rotatable bonds is 6. The van der Waals surface area contributed by atoms with Crippen LogP contribution in [0.3, 0.4) is 0 Å². The highest BCUT2D eigenvalue weighted by molar-refractivity contribution is 9.10. The molecule has 0 spiro atoms. The Labute approximate surface area is 166 Å². The Bertz CT molecular complexity index is 945. The van der Waals surface area contributed by atoms with E-state index in [0.29, 0.717) is 18.1 Å². The zero-order valence-corrected chi connectivity index (χ0v) is 16.6. The van der Waals surface area contributed by atoms with Gasteiger partial charge in [-0.25, -0.2) is 9.79 Å². The summed E-state index contributed by atoms with van der Waals surface area (Å²) in [5, 5.41) is 0. The second-order valence-electron chi connectivity index (χ2n) is 6.00. The van der Waals surface area contributed by atoms with Crippen molar-refractivity contribution in [3.05, 3.63) is 75.9 Å². The van der Waals surface area contributed by atoms with Gasteiger partial charge in [0.15, 0.2) is 17.2 Å². The molecular weight excluding hydrogens is 410 g/mol. The van der Waals surface area contributed by atoms with Crippen LogP contribution in [-0.2, 0) is 9.53 Å². The molecule has 0 bridgehead atoms. The molecule has 27 heavy (non-hydrogen) atoms. The minimum absolute atomic E-state index is 0.227. The molecule has 3 rings (SSSR count). The van der Waals surface area contributed by atoms with Crippen LogP contribution in [0.15, 0.2) is 69.8 Å². The summed E-state index contributed by atoms with van der Waals surface area (Å²) in [6, 6.07) is 12.8. The number of aliphatic imine (C=N–C) groups is 1. The van der Waals surface area contributed by atoms with Crippen molar-refractivity contribution in [1.29, 1.82) is 0 Å². The summed E-state index contributed by atoms with van der Waals surface area (Å²) in [6.45, 7) is 6.11. The smallest absolute Gasteiger partial charge is 0.363 e. The largest absolute Gasteiger partial charge is 0.493 e. The first-order chi connectivity index (χ1) is 13.0. The van der Waals surface area contributed by atoms with Crippen molar-refractivity contribution < 1.29 is 19.0 Å². The van der Waals surface area contributed by atoms with E-state index in [2.05, 4.69) is 27.5 Å². The number of nitrogens with zero attached hydrogens (tertiary/aromatic N) is 1. The Kier molecular flexibility index (Phi) is 5.76. The van der Waals surface area contributed by atoms with Gasteiger partial charge in [0.1, 0.15) is 6.61 Å². The monoisotopic (exact) mass is 427 g/mol. The van der Waals surface area contributed by atoms with E-state index in [1.165, 1.54) is 0 Å². The molecular formula is C21H18BrNO4. The normalized spacial score (nSPS) is 14.7. The van der Waals surface area contributed by atoms with Crippen LogP contribution >= 0.6 is 15.9 Å². The van der Waals surface area contributed by atoms with Gasteiger partial charge >= 0.3 is 5.97 Å². The van der Waals surface area contributed by atoms with Gasteiger partial charge in [0.25, 0.3) is 0 Å². The lowest BCUT2D eigenvalue weighted by atomic mass is 10.1. The standard InChI is InChI=1S/C21H18BrNO4/c1-13(2)12-26-18-9-4-14(11-19(18)25-3)10-17-21(24)27-20(23-17)15-5-7-16(22)8-6-15/h4-11H,1,12H2,2-3H3/b17-10-. The number of cyclic esters (lactones) is 1. The van der Waals surface area contributed by atoms with Crippen LogP contribution in [0.1, 0.15) is 18.1 Å². The van der Waals surface area contributed by atoms with E-state index in [-0.39, 0.29) is 11.6 Å². The lowest BCUT2D eigenvalue weighted by Crippen LogP contribution is -2.05. The Hall–Kier alpha value is -2.86. The fourth-order valence-electron chi connectivity index (χ4n) is 2.38. The summed E-state index contributed by atoms with van der Waals surface area (Å²) in [5.74, 6) is 0.964. The molecule has 0 saturated carbocycles.